The molecule has 1 aliphatic rings. The summed E-state index contributed by atoms with van der Waals surface area (Å²) in [6.45, 7) is 1.97. The van der Waals surface area contributed by atoms with Crippen LogP contribution in [0.1, 0.15) is 37.7 Å². The molecule has 1 N–H and O–H groups in total. The summed E-state index contributed by atoms with van der Waals surface area (Å²) < 4.78 is 0. The molecule has 0 atom stereocenters. The van der Waals surface area contributed by atoms with E-state index in [0.717, 1.165) is 18.4 Å². The Bertz CT molecular complexity index is 595. The molecule has 1 amide bonds. The Morgan fingerprint density at radius 3 is 2.73 bits per heavy atom. The van der Waals surface area contributed by atoms with E-state index in [4.69, 9.17) is 0 Å². The van der Waals surface area contributed by atoms with Crippen LogP contribution in [0.3, 0.4) is 0 Å². The van der Waals surface area contributed by atoms with E-state index in [9.17, 15) is 10.1 Å². The maximum Gasteiger partial charge on any atom is 0.267 e. The minimum Gasteiger partial charge on any atom is -0.376 e. The molecule has 0 heterocycles. The van der Waals surface area contributed by atoms with Gasteiger partial charge < -0.3 is 10.2 Å². The summed E-state index contributed by atoms with van der Waals surface area (Å²) in [6, 6.07) is 10.0. The van der Waals surface area contributed by atoms with Gasteiger partial charge in [-0.25, -0.2) is 0 Å². The first kappa shape index (κ1) is 16.1. The molecule has 1 fully saturated rings. The highest BCUT2D eigenvalue weighted by molar-refractivity contribution is 6.06. The third-order valence-electron chi connectivity index (χ3n) is 4.12. The van der Waals surface area contributed by atoms with Gasteiger partial charge >= 0.3 is 0 Å². The molecular weight excluding hydrogens is 274 g/mol. The number of aryl methyl sites for hydroxylation is 1. The van der Waals surface area contributed by atoms with Crippen LogP contribution in [0, 0.1) is 18.3 Å². The highest BCUT2D eigenvalue weighted by Crippen LogP contribution is 2.22. The topological polar surface area (TPSA) is 56.1 Å². The number of nitriles is 1. The molecule has 0 spiro atoms. The molecule has 1 saturated carbocycles. The second kappa shape index (κ2) is 7.65. The van der Waals surface area contributed by atoms with E-state index in [-0.39, 0.29) is 11.5 Å². The lowest BCUT2D eigenvalue weighted by Crippen LogP contribution is -2.30. The maximum atomic E-state index is 12.2. The normalized spacial score (nSPS) is 16.0. The Morgan fingerprint density at radius 1 is 1.36 bits per heavy atom. The standard InChI is InChI=1S/C18H23N3O/c1-14-7-6-8-16(11-14)20-18(22)15(12-19)13-21(2)17-9-4-3-5-10-17/h6-8,11,13,17H,3-5,9-10H2,1-2H3,(H,20,22)/b15-13-. The van der Waals surface area contributed by atoms with Crippen molar-refractivity contribution in [3.63, 3.8) is 0 Å². The van der Waals surface area contributed by atoms with Crippen LogP contribution < -0.4 is 5.32 Å². The van der Waals surface area contributed by atoms with Gasteiger partial charge in [0.15, 0.2) is 0 Å². The monoisotopic (exact) mass is 297 g/mol. The molecule has 0 unspecified atom stereocenters. The Kier molecular flexibility index (Phi) is 5.60. The summed E-state index contributed by atoms with van der Waals surface area (Å²) in [5.41, 5.74) is 1.93. The third-order valence-corrected chi connectivity index (χ3v) is 4.12. The van der Waals surface area contributed by atoms with Gasteiger partial charge in [-0.1, -0.05) is 31.4 Å². The van der Waals surface area contributed by atoms with Crippen LogP contribution in [-0.4, -0.2) is 23.9 Å². The van der Waals surface area contributed by atoms with Crippen molar-refractivity contribution in [2.45, 2.75) is 45.1 Å². The molecule has 1 aliphatic carbocycles. The molecule has 0 aliphatic heterocycles. The largest absolute Gasteiger partial charge is 0.376 e. The summed E-state index contributed by atoms with van der Waals surface area (Å²) in [7, 11) is 1.95. The summed E-state index contributed by atoms with van der Waals surface area (Å²) in [5, 5.41) is 12.1. The van der Waals surface area contributed by atoms with Crippen LogP contribution in [0.2, 0.25) is 0 Å². The lowest BCUT2D eigenvalue weighted by Gasteiger charge is -2.30. The van der Waals surface area contributed by atoms with Gasteiger partial charge in [0.2, 0.25) is 0 Å². The van der Waals surface area contributed by atoms with Crippen molar-refractivity contribution in [2.75, 3.05) is 12.4 Å². The average Bonchev–Trinajstić information content (AvgIpc) is 2.53. The van der Waals surface area contributed by atoms with Gasteiger partial charge in [-0.3, -0.25) is 4.79 Å². The fraction of sp³-hybridized carbons (Fsp3) is 0.444. The molecule has 0 radical (unpaired) electrons. The highest BCUT2D eigenvalue weighted by Gasteiger charge is 2.18. The number of carbonyl (C=O) groups is 1. The van der Waals surface area contributed by atoms with Gasteiger partial charge in [0.05, 0.1) is 0 Å². The fourth-order valence-corrected chi connectivity index (χ4v) is 2.86. The van der Waals surface area contributed by atoms with Gasteiger partial charge in [0.25, 0.3) is 5.91 Å². The average molecular weight is 297 g/mol. The summed E-state index contributed by atoms with van der Waals surface area (Å²) in [4.78, 5) is 14.3. The van der Waals surface area contributed by atoms with Crippen LogP contribution in [0.5, 0.6) is 0 Å². The van der Waals surface area contributed by atoms with Crippen LogP contribution in [0.25, 0.3) is 0 Å². The van der Waals surface area contributed by atoms with Crippen molar-refractivity contribution in [3.05, 3.63) is 41.6 Å². The zero-order valence-corrected chi connectivity index (χ0v) is 13.3. The fourth-order valence-electron chi connectivity index (χ4n) is 2.86. The van der Waals surface area contributed by atoms with Crippen LogP contribution in [0.4, 0.5) is 5.69 Å². The van der Waals surface area contributed by atoms with E-state index in [1.165, 1.54) is 19.3 Å². The number of nitrogens with zero attached hydrogens (tertiary/aromatic N) is 2. The zero-order valence-electron chi connectivity index (χ0n) is 13.3. The number of nitrogens with one attached hydrogen (secondary N) is 1. The lowest BCUT2D eigenvalue weighted by atomic mass is 9.94. The summed E-state index contributed by atoms with van der Waals surface area (Å²) in [6.07, 6.45) is 7.67. The molecule has 1 aromatic rings. The Morgan fingerprint density at radius 2 is 2.09 bits per heavy atom. The van der Waals surface area contributed by atoms with Gasteiger partial charge in [-0.15, -0.1) is 0 Å². The molecule has 0 saturated heterocycles. The van der Waals surface area contributed by atoms with Gasteiger partial charge in [0.1, 0.15) is 11.6 Å². The second-order valence-corrected chi connectivity index (χ2v) is 5.94. The van der Waals surface area contributed by atoms with Gasteiger partial charge in [-0.05, 0) is 37.5 Å². The van der Waals surface area contributed by atoms with Crippen molar-refractivity contribution in [2.24, 2.45) is 0 Å². The van der Waals surface area contributed by atoms with Crippen molar-refractivity contribution < 1.29 is 4.79 Å². The quantitative estimate of drug-likeness (QED) is 0.682. The van der Waals surface area contributed by atoms with E-state index in [1.807, 2.05) is 49.2 Å². The number of anilines is 1. The Balaban J connectivity index is 2.04. The molecule has 116 valence electrons. The molecule has 0 aromatic heterocycles. The molecule has 22 heavy (non-hydrogen) atoms. The van der Waals surface area contributed by atoms with Crippen LogP contribution >= 0.6 is 0 Å². The van der Waals surface area contributed by atoms with Crippen molar-refractivity contribution in [1.29, 1.82) is 5.26 Å². The first-order chi connectivity index (χ1) is 10.6. The smallest absolute Gasteiger partial charge is 0.267 e. The summed E-state index contributed by atoms with van der Waals surface area (Å²) >= 11 is 0. The molecular formula is C18H23N3O. The van der Waals surface area contributed by atoms with E-state index >= 15 is 0 Å². The number of hydrogen-bond donors (Lipinski definition) is 1. The number of amides is 1. The van der Waals surface area contributed by atoms with Gasteiger partial charge in [-0.2, -0.15) is 5.26 Å². The summed E-state index contributed by atoms with van der Waals surface area (Å²) in [5.74, 6) is -0.351. The van der Waals surface area contributed by atoms with Crippen LogP contribution in [0.15, 0.2) is 36.0 Å². The maximum absolute atomic E-state index is 12.2. The zero-order chi connectivity index (χ0) is 15.9. The van der Waals surface area contributed by atoms with Gasteiger partial charge in [0, 0.05) is 25.0 Å². The van der Waals surface area contributed by atoms with Crippen LogP contribution in [-0.2, 0) is 4.79 Å². The first-order valence-corrected chi connectivity index (χ1v) is 7.82. The lowest BCUT2D eigenvalue weighted by molar-refractivity contribution is -0.112. The highest BCUT2D eigenvalue weighted by atomic mass is 16.1. The van der Waals surface area contributed by atoms with E-state index in [2.05, 4.69) is 5.32 Å². The molecule has 2 rings (SSSR count). The number of hydrogen-bond acceptors (Lipinski definition) is 3. The molecule has 1 aromatic carbocycles. The Labute approximate surface area is 132 Å². The SMILES string of the molecule is Cc1cccc(NC(=O)/C(C#N)=C\N(C)C2CCCCC2)c1. The minimum atomic E-state index is -0.351. The van der Waals surface area contributed by atoms with Crippen molar-refractivity contribution >= 4 is 11.6 Å². The number of carbonyl (C=O) groups excluding carboxylic acids is 1. The third kappa shape index (κ3) is 4.36. The second-order valence-electron chi connectivity index (χ2n) is 5.94. The number of benzene rings is 1. The first-order valence-electron chi connectivity index (χ1n) is 7.82. The van der Waals surface area contributed by atoms with Crippen molar-refractivity contribution in [1.82, 2.24) is 4.90 Å². The minimum absolute atomic E-state index is 0.148. The van der Waals surface area contributed by atoms with E-state index in [0.29, 0.717) is 11.7 Å². The molecule has 4 nitrogen and oxygen atoms in total. The van der Waals surface area contributed by atoms with Crippen molar-refractivity contribution in [3.8, 4) is 6.07 Å². The molecule has 0 bridgehead atoms. The van der Waals surface area contributed by atoms with E-state index in [1.54, 1.807) is 6.20 Å². The predicted molar refractivity (Wildman–Crippen MR) is 88.1 cm³/mol. The molecule has 4 heteroatoms. The Hall–Kier alpha value is -2.28. The van der Waals surface area contributed by atoms with E-state index < -0.39 is 0 Å². The predicted octanol–water partition coefficient (Wildman–Crippen LogP) is 3.61. The number of rotatable bonds is 4.